The number of carbonyl (C=O) groups is 2. The summed E-state index contributed by atoms with van der Waals surface area (Å²) in [6.45, 7) is 5.72. The summed E-state index contributed by atoms with van der Waals surface area (Å²) >= 11 is 6.58. The normalized spacial score (nSPS) is 36.7. The van der Waals surface area contributed by atoms with Crippen molar-refractivity contribution in [1.82, 2.24) is 5.32 Å². The summed E-state index contributed by atoms with van der Waals surface area (Å²) in [4.78, 5) is 27.0. The first kappa shape index (κ1) is 28.2. The van der Waals surface area contributed by atoms with E-state index >= 15 is 0 Å². The summed E-state index contributed by atoms with van der Waals surface area (Å²) < 4.78 is 22.5. The van der Waals surface area contributed by atoms with Crippen molar-refractivity contribution in [3.63, 3.8) is 0 Å². The summed E-state index contributed by atoms with van der Waals surface area (Å²) in [5, 5.41) is 14.3. The van der Waals surface area contributed by atoms with Crippen LogP contribution < -0.4 is 15.0 Å². The maximum absolute atomic E-state index is 13.1. The number of likely N-dealkylation sites (N-methyl/N-ethyl adjacent to an activating group) is 1. The standard InChI is InChI=1S/C28H35ClN2O7/c1-16-8-7-9-22(36-6)28(34)15-21(37-26(33)30-28)17(2)25-27(3,38-25)11-10-23(32)31(4)19-13-18(12-16)14-20(35-5)24(19)29/h7-11,13-14,17,21-22,25,34H,12,15H2,1-6H3,(H,30,33)/b9-7+,11-10-,16-8+. The van der Waals surface area contributed by atoms with Crippen LogP contribution in [0.5, 0.6) is 5.75 Å². The zero-order valence-corrected chi connectivity index (χ0v) is 23.2. The quantitative estimate of drug-likeness (QED) is 0.541. The first-order valence-electron chi connectivity index (χ1n) is 12.5. The van der Waals surface area contributed by atoms with Gasteiger partial charge in [0.2, 0.25) is 0 Å². The maximum atomic E-state index is 13.1. The summed E-state index contributed by atoms with van der Waals surface area (Å²) in [7, 11) is 4.66. The molecule has 6 unspecified atom stereocenters. The Bertz CT molecular complexity index is 1200. The average molecular weight is 547 g/mol. The molecule has 4 rings (SSSR count). The van der Waals surface area contributed by atoms with Gasteiger partial charge in [0.05, 0.1) is 18.9 Å². The van der Waals surface area contributed by atoms with Gasteiger partial charge < -0.3 is 29.0 Å². The number of fused-ring (bicyclic) bond motifs is 5. The molecular weight excluding hydrogens is 512 g/mol. The smallest absolute Gasteiger partial charge is 0.409 e. The minimum absolute atomic E-state index is 0.0941. The molecule has 0 aromatic heterocycles. The van der Waals surface area contributed by atoms with Gasteiger partial charge in [0, 0.05) is 32.6 Å². The third-order valence-electron chi connectivity index (χ3n) is 7.46. The number of hydrogen-bond acceptors (Lipinski definition) is 7. The number of alkyl carbamates (subject to hydrolysis) is 1. The van der Waals surface area contributed by atoms with Crippen LogP contribution in [0, 0.1) is 5.92 Å². The van der Waals surface area contributed by atoms with E-state index in [0.717, 1.165) is 11.1 Å². The van der Waals surface area contributed by atoms with Crippen molar-refractivity contribution in [1.29, 1.82) is 0 Å². The first-order valence-corrected chi connectivity index (χ1v) is 12.9. The van der Waals surface area contributed by atoms with Crippen LogP contribution in [0.4, 0.5) is 10.5 Å². The largest absolute Gasteiger partial charge is 0.495 e. The molecule has 2 saturated heterocycles. The van der Waals surface area contributed by atoms with Crippen molar-refractivity contribution in [3.8, 4) is 5.75 Å². The van der Waals surface area contributed by atoms with Gasteiger partial charge in [-0.15, -0.1) is 0 Å². The van der Waals surface area contributed by atoms with Crippen molar-refractivity contribution in [3.05, 3.63) is 58.7 Å². The fraction of sp³-hybridized carbons (Fsp3) is 0.500. The predicted molar refractivity (Wildman–Crippen MR) is 143 cm³/mol. The zero-order valence-electron chi connectivity index (χ0n) is 22.5. The van der Waals surface area contributed by atoms with Crippen molar-refractivity contribution >= 4 is 29.3 Å². The third-order valence-corrected chi connectivity index (χ3v) is 7.84. The van der Waals surface area contributed by atoms with Crippen LogP contribution in [-0.2, 0) is 25.4 Å². The van der Waals surface area contributed by atoms with E-state index in [1.165, 1.54) is 25.2 Å². The fourth-order valence-electron chi connectivity index (χ4n) is 5.16. The Morgan fingerprint density at radius 3 is 2.68 bits per heavy atom. The maximum Gasteiger partial charge on any atom is 0.409 e. The molecule has 0 aliphatic carbocycles. The summed E-state index contributed by atoms with van der Waals surface area (Å²) in [5.41, 5.74) is 0.00882. The molecule has 6 atom stereocenters. The highest BCUT2D eigenvalue weighted by molar-refractivity contribution is 6.35. The Balaban J connectivity index is 1.75. The van der Waals surface area contributed by atoms with Gasteiger partial charge in [-0.25, -0.2) is 4.79 Å². The average Bonchev–Trinajstić information content (AvgIpc) is 3.55. The van der Waals surface area contributed by atoms with Gasteiger partial charge in [0.1, 0.15) is 28.6 Å². The van der Waals surface area contributed by atoms with Crippen LogP contribution in [0.25, 0.3) is 0 Å². The molecule has 9 nitrogen and oxygen atoms in total. The zero-order chi connectivity index (χ0) is 27.8. The number of hydrogen-bond donors (Lipinski definition) is 2. The number of ether oxygens (including phenoxy) is 4. The highest BCUT2D eigenvalue weighted by atomic mass is 35.5. The van der Waals surface area contributed by atoms with Gasteiger partial charge in [-0.2, -0.15) is 0 Å². The van der Waals surface area contributed by atoms with Crippen LogP contribution in [0.3, 0.4) is 0 Å². The molecule has 206 valence electrons. The minimum Gasteiger partial charge on any atom is -0.495 e. The van der Waals surface area contributed by atoms with Crippen LogP contribution in [0.15, 0.2) is 48.1 Å². The van der Waals surface area contributed by atoms with Gasteiger partial charge in [-0.3, -0.25) is 10.1 Å². The number of aliphatic hydroxyl groups is 1. The van der Waals surface area contributed by atoms with Crippen molar-refractivity contribution in [2.75, 3.05) is 26.2 Å². The lowest BCUT2D eigenvalue weighted by Gasteiger charge is -2.42. The molecule has 3 aliphatic heterocycles. The highest BCUT2D eigenvalue weighted by Gasteiger charge is 2.58. The second-order valence-corrected chi connectivity index (χ2v) is 10.7. The Hall–Kier alpha value is -2.85. The molecule has 4 bridgehead atoms. The van der Waals surface area contributed by atoms with Crippen LogP contribution in [0.1, 0.15) is 32.8 Å². The first-order chi connectivity index (χ1) is 17.9. The Morgan fingerprint density at radius 2 is 2.00 bits per heavy atom. The van der Waals surface area contributed by atoms with Gasteiger partial charge in [0.25, 0.3) is 5.91 Å². The van der Waals surface area contributed by atoms with Crippen LogP contribution in [-0.4, -0.2) is 68.0 Å². The molecule has 0 spiro atoms. The molecule has 3 aliphatic rings. The van der Waals surface area contributed by atoms with Gasteiger partial charge >= 0.3 is 6.09 Å². The fourth-order valence-corrected chi connectivity index (χ4v) is 5.47. The Kier molecular flexibility index (Phi) is 7.95. The number of benzene rings is 1. The molecule has 1 aromatic rings. The lowest BCUT2D eigenvalue weighted by molar-refractivity contribution is -0.142. The van der Waals surface area contributed by atoms with E-state index in [2.05, 4.69) is 5.32 Å². The van der Waals surface area contributed by atoms with E-state index < -0.39 is 29.6 Å². The van der Waals surface area contributed by atoms with E-state index in [4.69, 9.17) is 30.5 Å². The van der Waals surface area contributed by atoms with E-state index in [-0.39, 0.29) is 24.3 Å². The summed E-state index contributed by atoms with van der Waals surface area (Å²) in [6, 6.07) is 3.70. The van der Waals surface area contributed by atoms with E-state index in [0.29, 0.717) is 22.9 Å². The number of halogens is 1. The number of rotatable bonds is 2. The van der Waals surface area contributed by atoms with Crippen LogP contribution >= 0.6 is 11.6 Å². The Labute approximate surface area is 228 Å². The van der Waals surface area contributed by atoms with Crippen LogP contribution in [0.2, 0.25) is 5.02 Å². The minimum atomic E-state index is -1.68. The number of nitrogens with zero attached hydrogens (tertiary/aromatic N) is 1. The highest BCUT2D eigenvalue weighted by Crippen LogP contribution is 2.46. The number of amides is 2. The van der Waals surface area contributed by atoms with E-state index in [9.17, 15) is 14.7 Å². The predicted octanol–water partition coefficient (Wildman–Crippen LogP) is 3.92. The number of allylic oxidation sites excluding steroid dienone is 3. The number of nitrogens with one attached hydrogen (secondary N) is 1. The summed E-state index contributed by atoms with van der Waals surface area (Å²) in [5.74, 6) is -0.0859. The molecule has 0 radical (unpaired) electrons. The second-order valence-electron chi connectivity index (χ2n) is 10.4. The third kappa shape index (κ3) is 5.61. The van der Waals surface area contributed by atoms with E-state index in [1.807, 2.05) is 39.0 Å². The number of carbonyl (C=O) groups excluding carboxylic acids is 2. The van der Waals surface area contributed by atoms with Crippen molar-refractivity contribution in [2.45, 2.75) is 63.3 Å². The van der Waals surface area contributed by atoms with Crippen molar-refractivity contribution < 1.29 is 33.6 Å². The van der Waals surface area contributed by atoms with Crippen molar-refractivity contribution in [2.24, 2.45) is 5.92 Å². The monoisotopic (exact) mass is 546 g/mol. The molecule has 1 aromatic carbocycles. The molecule has 3 heterocycles. The molecule has 38 heavy (non-hydrogen) atoms. The van der Waals surface area contributed by atoms with Gasteiger partial charge in [0.15, 0.2) is 5.72 Å². The van der Waals surface area contributed by atoms with Gasteiger partial charge in [-0.1, -0.05) is 42.3 Å². The Morgan fingerprint density at radius 1 is 1.26 bits per heavy atom. The number of epoxide rings is 1. The lowest BCUT2D eigenvalue weighted by Crippen LogP contribution is -2.63. The van der Waals surface area contributed by atoms with E-state index in [1.54, 1.807) is 25.3 Å². The second kappa shape index (κ2) is 10.7. The SMILES string of the molecule is COc1cc2cc(c1Cl)N(C)C(=O)/C=C\C1(C)OC1C(C)C1CC(O)(NC(=O)O1)C(OC)/C=C/C=C(\C)C2. The molecule has 10 heteroatoms. The molecule has 0 saturated carbocycles. The molecule has 2 amide bonds. The number of anilines is 1. The summed E-state index contributed by atoms with van der Waals surface area (Å²) in [6.07, 6.45) is 6.68. The topological polar surface area (TPSA) is 110 Å². The van der Waals surface area contributed by atoms with Gasteiger partial charge in [-0.05, 0) is 44.0 Å². The number of methoxy groups -OCH3 is 2. The molecule has 2 fully saturated rings. The lowest BCUT2D eigenvalue weighted by atomic mass is 9.85. The molecular formula is C28H35ClN2O7. The molecule has 2 N–H and O–H groups in total.